The van der Waals surface area contributed by atoms with E-state index in [1.807, 2.05) is 13.0 Å². The molecule has 0 radical (unpaired) electrons. The van der Waals surface area contributed by atoms with Crippen LogP contribution >= 0.6 is 24.0 Å². The van der Waals surface area contributed by atoms with Gasteiger partial charge in [-0.05, 0) is 24.1 Å². The van der Waals surface area contributed by atoms with Crippen molar-refractivity contribution >= 4 is 41.3 Å². The molecule has 0 amide bonds. The largest absolute Gasteiger partial charge is 0.379 e. The highest BCUT2D eigenvalue weighted by molar-refractivity contribution is 14.0. The van der Waals surface area contributed by atoms with E-state index in [9.17, 15) is 10.1 Å². The summed E-state index contributed by atoms with van der Waals surface area (Å²) >= 11 is 0. The Balaban J connectivity index is 0.00000385. The molecule has 10 heteroatoms. The van der Waals surface area contributed by atoms with Gasteiger partial charge >= 0.3 is 0 Å². The maximum absolute atomic E-state index is 11.1. The van der Waals surface area contributed by atoms with Gasteiger partial charge in [0.1, 0.15) is 5.69 Å². The van der Waals surface area contributed by atoms with Gasteiger partial charge in [0.2, 0.25) is 0 Å². The van der Waals surface area contributed by atoms with Crippen LogP contribution in [-0.2, 0) is 17.8 Å². The van der Waals surface area contributed by atoms with Gasteiger partial charge in [0.25, 0.3) is 5.69 Å². The zero-order chi connectivity index (χ0) is 22.6. The van der Waals surface area contributed by atoms with Crippen LogP contribution in [0.3, 0.4) is 0 Å². The highest BCUT2D eigenvalue weighted by Gasteiger charge is 2.13. The summed E-state index contributed by atoms with van der Waals surface area (Å²) in [6, 6.07) is 15.1. The number of benzene rings is 2. The summed E-state index contributed by atoms with van der Waals surface area (Å²) in [7, 11) is 0. The van der Waals surface area contributed by atoms with Crippen molar-refractivity contribution in [2.45, 2.75) is 20.0 Å². The topological polar surface area (TPSA) is 104 Å². The van der Waals surface area contributed by atoms with E-state index < -0.39 is 0 Å². The fourth-order valence-electron chi connectivity index (χ4n) is 3.53. The van der Waals surface area contributed by atoms with E-state index >= 15 is 0 Å². The van der Waals surface area contributed by atoms with Gasteiger partial charge in [-0.3, -0.25) is 15.0 Å². The highest BCUT2D eigenvalue weighted by Crippen LogP contribution is 2.22. The summed E-state index contributed by atoms with van der Waals surface area (Å²) in [5, 5.41) is 20.8. The smallest absolute Gasteiger partial charge is 0.292 e. The first-order valence-corrected chi connectivity index (χ1v) is 11.0. The number of aliphatic imine (C=N–C) groups is 1. The summed E-state index contributed by atoms with van der Waals surface area (Å²) < 4.78 is 5.45. The average Bonchev–Trinajstić information content (AvgIpc) is 2.82. The van der Waals surface area contributed by atoms with Crippen LogP contribution in [0.5, 0.6) is 0 Å². The second kappa shape index (κ2) is 14.7. The zero-order valence-electron chi connectivity index (χ0n) is 19.0. The van der Waals surface area contributed by atoms with Crippen molar-refractivity contribution < 1.29 is 9.66 Å². The van der Waals surface area contributed by atoms with Gasteiger partial charge in [0.05, 0.1) is 24.7 Å². The predicted molar refractivity (Wildman–Crippen MR) is 142 cm³/mol. The van der Waals surface area contributed by atoms with E-state index in [0.29, 0.717) is 25.3 Å². The monoisotopic (exact) mass is 568 g/mol. The molecular weight excluding hydrogens is 535 g/mol. The number of nitro benzene ring substituents is 1. The molecule has 3 rings (SSSR count). The Hall–Kier alpha value is -2.44. The molecule has 1 fully saturated rings. The van der Waals surface area contributed by atoms with E-state index in [2.05, 4.69) is 39.0 Å². The molecule has 1 aliphatic rings. The van der Waals surface area contributed by atoms with Crippen LogP contribution < -0.4 is 16.0 Å². The number of ether oxygens (including phenoxy) is 1. The molecule has 33 heavy (non-hydrogen) atoms. The van der Waals surface area contributed by atoms with Crippen LogP contribution in [-0.4, -0.2) is 61.7 Å². The van der Waals surface area contributed by atoms with E-state index in [-0.39, 0.29) is 34.6 Å². The van der Waals surface area contributed by atoms with Crippen LogP contribution in [0.2, 0.25) is 0 Å². The lowest BCUT2D eigenvalue weighted by atomic mass is 10.1. The number of guanidine groups is 1. The number of hydrogen-bond acceptors (Lipinski definition) is 6. The van der Waals surface area contributed by atoms with E-state index in [0.717, 1.165) is 45.4 Å². The van der Waals surface area contributed by atoms with Crippen molar-refractivity contribution in [1.29, 1.82) is 0 Å². The third kappa shape index (κ3) is 8.78. The fourth-order valence-corrected chi connectivity index (χ4v) is 3.53. The second-order valence-corrected chi connectivity index (χ2v) is 7.48. The molecule has 1 aliphatic heterocycles. The summed E-state index contributed by atoms with van der Waals surface area (Å²) in [5.74, 6) is 0.720. The summed E-state index contributed by atoms with van der Waals surface area (Å²) in [6.07, 6.45) is 0. The Kier molecular flexibility index (Phi) is 11.9. The van der Waals surface area contributed by atoms with Gasteiger partial charge in [-0.15, -0.1) is 24.0 Å². The number of nitrogens with zero attached hydrogens (tertiary/aromatic N) is 3. The molecule has 2 aromatic carbocycles. The summed E-state index contributed by atoms with van der Waals surface area (Å²) in [5.41, 5.74) is 3.07. The lowest BCUT2D eigenvalue weighted by molar-refractivity contribution is -0.384. The lowest BCUT2D eigenvalue weighted by Crippen LogP contribution is -2.39. The maximum atomic E-state index is 11.1. The minimum absolute atomic E-state index is 0. The molecule has 0 spiro atoms. The molecule has 180 valence electrons. The number of para-hydroxylation sites is 2. The van der Waals surface area contributed by atoms with Crippen molar-refractivity contribution in [2.75, 3.05) is 51.3 Å². The first-order valence-electron chi connectivity index (χ1n) is 11.0. The lowest BCUT2D eigenvalue weighted by Gasteiger charge is -2.27. The van der Waals surface area contributed by atoms with Crippen molar-refractivity contribution in [2.24, 2.45) is 4.99 Å². The molecule has 3 N–H and O–H groups in total. The number of hydrogen-bond donors (Lipinski definition) is 3. The van der Waals surface area contributed by atoms with Gasteiger partial charge in [-0.1, -0.05) is 36.4 Å². The molecular formula is C23H33IN6O3. The van der Waals surface area contributed by atoms with E-state index in [4.69, 9.17) is 9.73 Å². The van der Waals surface area contributed by atoms with Crippen molar-refractivity contribution in [3.05, 3.63) is 69.8 Å². The molecule has 0 unspecified atom stereocenters. The fraction of sp³-hybridized carbons (Fsp3) is 0.435. The van der Waals surface area contributed by atoms with Gasteiger partial charge < -0.3 is 20.7 Å². The van der Waals surface area contributed by atoms with Crippen LogP contribution in [0.25, 0.3) is 0 Å². The number of nitro groups is 1. The van der Waals surface area contributed by atoms with Crippen LogP contribution in [0, 0.1) is 10.1 Å². The van der Waals surface area contributed by atoms with Crippen molar-refractivity contribution in [3.8, 4) is 0 Å². The number of morpholine rings is 1. The second-order valence-electron chi connectivity index (χ2n) is 7.48. The molecule has 0 atom stereocenters. The van der Waals surface area contributed by atoms with Crippen LogP contribution in [0.1, 0.15) is 18.1 Å². The molecule has 0 aliphatic carbocycles. The highest BCUT2D eigenvalue weighted by atomic mass is 127. The van der Waals surface area contributed by atoms with Crippen LogP contribution in [0.4, 0.5) is 11.4 Å². The normalized spacial score (nSPS) is 14.3. The van der Waals surface area contributed by atoms with E-state index in [1.54, 1.807) is 18.2 Å². The SMILES string of the molecule is CCNC(=NCc1ccccc1CN1CCOCC1)NCCNc1ccccc1[N+](=O)[O-].I. The standard InChI is InChI=1S/C23H32N6O3.HI/c1-2-24-23(26-12-11-25-21-9-5-6-10-22(21)29(30)31)27-17-19-7-3-4-8-20(19)18-28-13-15-32-16-14-28;/h3-10,25H,2,11-18H2,1H3,(H2,24,26,27);1H. The molecule has 2 aromatic rings. The Morgan fingerprint density at radius 2 is 1.76 bits per heavy atom. The van der Waals surface area contributed by atoms with Crippen molar-refractivity contribution in [3.63, 3.8) is 0 Å². The van der Waals surface area contributed by atoms with Gasteiger partial charge in [-0.2, -0.15) is 0 Å². The Bertz CT molecular complexity index is 905. The van der Waals surface area contributed by atoms with Gasteiger partial charge in [0.15, 0.2) is 5.96 Å². The quantitative estimate of drug-likeness (QED) is 0.101. The summed E-state index contributed by atoms with van der Waals surface area (Å²) in [4.78, 5) is 17.9. The van der Waals surface area contributed by atoms with Crippen LogP contribution in [0.15, 0.2) is 53.5 Å². The molecule has 9 nitrogen and oxygen atoms in total. The first kappa shape index (κ1) is 26.8. The zero-order valence-corrected chi connectivity index (χ0v) is 21.3. The molecule has 1 heterocycles. The number of rotatable bonds is 10. The van der Waals surface area contributed by atoms with Gasteiger partial charge in [0, 0.05) is 45.3 Å². The number of anilines is 1. The van der Waals surface area contributed by atoms with E-state index in [1.165, 1.54) is 17.2 Å². The Morgan fingerprint density at radius 1 is 1.06 bits per heavy atom. The van der Waals surface area contributed by atoms with Crippen molar-refractivity contribution in [1.82, 2.24) is 15.5 Å². The maximum Gasteiger partial charge on any atom is 0.292 e. The third-order valence-electron chi connectivity index (χ3n) is 5.20. The molecule has 0 aromatic heterocycles. The Morgan fingerprint density at radius 3 is 2.48 bits per heavy atom. The molecule has 0 bridgehead atoms. The first-order chi connectivity index (χ1) is 15.7. The van der Waals surface area contributed by atoms with Gasteiger partial charge in [-0.25, -0.2) is 4.99 Å². The Labute approximate surface area is 212 Å². The molecule has 0 saturated carbocycles. The third-order valence-corrected chi connectivity index (χ3v) is 5.20. The number of nitrogens with one attached hydrogen (secondary N) is 3. The predicted octanol–water partition coefficient (Wildman–Crippen LogP) is 3.21. The summed E-state index contributed by atoms with van der Waals surface area (Å²) in [6.45, 7) is 8.84. The minimum atomic E-state index is -0.379. The average molecular weight is 568 g/mol. The molecule has 1 saturated heterocycles. The minimum Gasteiger partial charge on any atom is -0.379 e. The number of halogens is 1.